The molecule has 5 heteroatoms. The van der Waals surface area contributed by atoms with E-state index in [0.29, 0.717) is 12.2 Å². The van der Waals surface area contributed by atoms with Crippen LogP contribution >= 0.6 is 11.3 Å². The summed E-state index contributed by atoms with van der Waals surface area (Å²) in [7, 11) is 0. The molecule has 0 saturated carbocycles. The number of carbonyl (C=O) groups excluding carboxylic acids is 1. The fourth-order valence-corrected chi connectivity index (χ4v) is 4.65. The smallest absolute Gasteiger partial charge is 0.273 e. The number of hydrogen-bond acceptors (Lipinski definition) is 3. The lowest BCUT2D eigenvalue weighted by Crippen LogP contribution is -2.28. The summed E-state index contributed by atoms with van der Waals surface area (Å²) < 4.78 is 0. The van der Waals surface area contributed by atoms with Crippen molar-refractivity contribution < 1.29 is 4.79 Å². The third kappa shape index (κ3) is 2.75. The van der Waals surface area contributed by atoms with E-state index in [0.717, 1.165) is 27.3 Å². The van der Waals surface area contributed by atoms with E-state index in [1.54, 1.807) is 11.3 Å². The standard InChI is InChI=1S/C23H19N3OS/c1-15-9-11-16(12-10-15)14-26-22(18-8-5-13-28-18)19-20(17-6-3-2-4-7-17)24-25-21(19)23(26)27/h2-13,22H,14H2,1H3,(H,24,25). The van der Waals surface area contributed by atoms with Crippen LogP contribution in [-0.2, 0) is 6.54 Å². The second-order valence-corrected chi connectivity index (χ2v) is 8.04. The number of fused-ring (bicyclic) bond motifs is 1. The van der Waals surface area contributed by atoms with Crippen LogP contribution < -0.4 is 0 Å². The number of aryl methyl sites for hydroxylation is 1. The quantitative estimate of drug-likeness (QED) is 0.525. The van der Waals surface area contributed by atoms with Gasteiger partial charge in [0.2, 0.25) is 0 Å². The Labute approximate surface area is 167 Å². The number of aromatic nitrogens is 2. The first-order chi connectivity index (χ1) is 13.7. The second kappa shape index (κ2) is 6.77. The van der Waals surface area contributed by atoms with Crippen molar-refractivity contribution >= 4 is 17.2 Å². The van der Waals surface area contributed by atoms with Crippen LogP contribution in [0.1, 0.15) is 38.1 Å². The van der Waals surface area contributed by atoms with Crippen LogP contribution in [0.3, 0.4) is 0 Å². The maximum absolute atomic E-state index is 13.3. The fourth-order valence-electron chi connectivity index (χ4n) is 3.81. The minimum atomic E-state index is -0.127. The van der Waals surface area contributed by atoms with Crippen LogP contribution in [0, 0.1) is 6.92 Å². The van der Waals surface area contributed by atoms with Crippen molar-refractivity contribution in [1.29, 1.82) is 0 Å². The molecule has 2 aromatic carbocycles. The molecule has 1 atom stereocenters. The number of hydrogen-bond donors (Lipinski definition) is 1. The molecular formula is C23H19N3OS. The summed E-state index contributed by atoms with van der Waals surface area (Å²) in [6.45, 7) is 2.64. The Kier molecular flexibility index (Phi) is 4.10. The zero-order chi connectivity index (χ0) is 19.1. The van der Waals surface area contributed by atoms with Crippen molar-refractivity contribution in [2.75, 3.05) is 0 Å². The van der Waals surface area contributed by atoms with E-state index in [4.69, 9.17) is 0 Å². The van der Waals surface area contributed by atoms with E-state index in [1.807, 2.05) is 41.3 Å². The van der Waals surface area contributed by atoms with Crippen molar-refractivity contribution in [3.05, 3.63) is 99.4 Å². The van der Waals surface area contributed by atoms with Crippen LogP contribution in [0.15, 0.2) is 72.1 Å². The molecule has 0 bridgehead atoms. The molecule has 28 heavy (non-hydrogen) atoms. The Balaban J connectivity index is 1.61. The summed E-state index contributed by atoms with van der Waals surface area (Å²) in [5.74, 6) is 0.00339. The summed E-state index contributed by atoms with van der Waals surface area (Å²) in [5.41, 5.74) is 5.79. The molecule has 2 aromatic heterocycles. The molecule has 0 aliphatic carbocycles. The molecule has 1 N–H and O–H groups in total. The molecule has 1 aliphatic heterocycles. The summed E-state index contributed by atoms with van der Waals surface area (Å²) >= 11 is 1.67. The lowest BCUT2D eigenvalue weighted by atomic mass is 10.0. The molecule has 1 aliphatic rings. The number of H-pyrrole nitrogens is 1. The monoisotopic (exact) mass is 385 g/mol. The molecule has 138 valence electrons. The number of nitrogens with one attached hydrogen (secondary N) is 1. The van der Waals surface area contributed by atoms with E-state index < -0.39 is 0 Å². The Morgan fingerprint density at radius 1 is 1.04 bits per heavy atom. The molecule has 0 spiro atoms. The minimum Gasteiger partial charge on any atom is -0.321 e. The first-order valence-electron chi connectivity index (χ1n) is 9.26. The Morgan fingerprint density at radius 2 is 1.82 bits per heavy atom. The number of amides is 1. The molecule has 1 unspecified atom stereocenters. The van der Waals surface area contributed by atoms with Crippen molar-refractivity contribution in [2.24, 2.45) is 0 Å². The zero-order valence-electron chi connectivity index (χ0n) is 15.4. The van der Waals surface area contributed by atoms with Crippen LogP contribution in [0.4, 0.5) is 0 Å². The number of benzene rings is 2. The molecule has 3 heterocycles. The highest BCUT2D eigenvalue weighted by molar-refractivity contribution is 7.10. The minimum absolute atomic E-state index is 0.00339. The van der Waals surface area contributed by atoms with E-state index in [2.05, 4.69) is 52.8 Å². The van der Waals surface area contributed by atoms with Crippen LogP contribution in [-0.4, -0.2) is 21.0 Å². The number of carbonyl (C=O) groups is 1. The molecule has 0 radical (unpaired) electrons. The van der Waals surface area contributed by atoms with Gasteiger partial charge >= 0.3 is 0 Å². The van der Waals surface area contributed by atoms with E-state index in [9.17, 15) is 4.79 Å². The number of thiophene rings is 1. The van der Waals surface area contributed by atoms with Crippen LogP contribution in [0.5, 0.6) is 0 Å². The summed E-state index contributed by atoms with van der Waals surface area (Å²) in [6, 6.07) is 22.4. The Bertz CT molecular complexity index is 1110. The molecular weight excluding hydrogens is 366 g/mol. The normalized spacial score (nSPS) is 15.8. The first kappa shape index (κ1) is 17.0. The van der Waals surface area contributed by atoms with E-state index in [-0.39, 0.29) is 11.9 Å². The third-order valence-corrected chi connectivity index (χ3v) is 6.12. The van der Waals surface area contributed by atoms with Gasteiger partial charge in [-0.25, -0.2) is 0 Å². The van der Waals surface area contributed by atoms with Gasteiger partial charge in [-0.15, -0.1) is 11.3 Å². The molecule has 4 nitrogen and oxygen atoms in total. The van der Waals surface area contributed by atoms with Crippen molar-refractivity contribution in [3.8, 4) is 11.3 Å². The average molecular weight is 385 g/mol. The highest BCUT2D eigenvalue weighted by atomic mass is 32.1. The number of aromatic amines is 1. The van der Waals surface area contributed by atoms with Crippen molar-refractivity contribution in [3.63, 3.8) is 0 Å². The van der Waals surface area contributed by atoms with E-state index >= 15 is 0 Å². The molecule has 4 aromatic rings. The Morgan fingerprint density at radius 3 is 2.54 bits per heavy atom. The molecule has 0 fully saturated rings. The van der Waals surface area contributed by atoms with Crippen molar-refractivity contribution in [2.45, 2.75) is 19.5 Å². The maximum atomic E-state index is 13.3. The first-order valence-corrected chi connectivity index (χ1v) is 10.1. The predicted molar refractivity (Wildman–Crippen MR) is 111 cm³/mol. The summed E-state index contributed by atoms with van der Waals surface area (Å²) in [5, 5.41) is 9.58. The van der Waals surface area contributed by atoms with Gasteiger partial charge in [-0.1, -0.05) is 66.2 Å². The van der Waals surface area contributed by atoms with Gasteiger partial charge < -0.3 is 4.90 Å². The lowest BCUT2D eigenvalue weighted by molar-refractivity contribution is 0.0732. The Hall–Kier alpha value is -3.18. The van der Waals surface area contributed by atoms with Gasteiger partial charge in [-0.2, -0.15) is 5.10 Å². The maximum Gasteiger partial charge on any atom is 0.273 e. The highest BCUT2D eigenvalue weighted by Crippen LogP contribution is 2.44. The molecule has 0 saturated heterocycles. The van der Waals surface area contributed by atoms with Gasteiger partial charge in [0.1, 0.15) is 5.69 Å². The largest absolute Gasteiger partial charge is 0.321 e. The zero-order valence-corrected chi connectivity index (χ0v) is 16.2. The summed E-state index contributed by atoms with van der Waals surface area (Å²) in [6.07, 6.45) is 0. The van der Waals surface area contributed by atoms with E-state index in [1.165, 1.54) is 5.56 Å². The van der Waals surface area contributed by atoms with Gasteiger partial charge in [0.25, 0.3) is 5.91 Å². The van der Waals surface area contributed by atoms with Gasteiger partial charge in [0.05, 0.1) is 11.7 Å². The van der Waals surface area contributed by atoms with Gasteiger partial charge in [-0.05, 0) is 23.9 Å². The average Bonchev–Trinajstić information content (AvgIpc) is 3.44. The third-order valence-electron chi connectivity index (χ3n) is 5.20. The van der Waals surface area contributed by atoms with Crippen LogP contribution in [0.2, 0.25) is 0 Å². The highest BCUT2D eigenvalue weighted by Gasteiger charge is 2.42. The number of nitrogens with zero attached hydrogens (tertiary/aromatic N) is 2. The predicted octanol–water partition coefficient (Wildman–Crippen LogP) is 5.19. The SMILES string of the molecule is Cc1ccc(CN2C(=O)c3[nH]nc(-c4ccccc4)c3C2c2cccs2)cc1. The molecule has 5 rings (SSSR count). The molecule has 1 amide bonds. The topological polar surface area (TPSA) is 49.0 Å². The number of rotatable bonds is 4. The van der Waals surface area contributed by atoms with Crippen molar-refractivity contribution in [1.82, 2.24) is 15.1 Å². The fraction of sp³-hybridized carbons (Fsp3) is 0.130. The van der Waals surface area contributed by atoms with Crippen LogP contribution in [0.25, 0.3) is 11.3 Å². The van der Waals surface area contributed by atoms with Gasteiger partial charge in [0.15, 0.2) is 0 Å². The summed E-state index contributed by atoms with van der Waals surface area (Å²) in [4.78, 5) is 16.4. The lowest BCUT2D eigenvalue weighted by Gasteiger charge is -2.25. The van der Waals surface area contributed by atoms with Gasteiger partial charge in [0, 0.05) is 22.5 Å². The second-order valence-electron chi connectivity index (χ2n) is 7.06. The van der Waals surface area contributed by atoms with Gasteiger partial charge in [-0.3, -0.25) is 9.89 Å².